The molecule has 0 spiro atoms. The zero-order valence-corrected chi connectivity index (χ0v) is 12.3. The molecule has 20 heavy (non-hydrogen) atoms. The van der Waals surface area contributed by atoms with Crippen LogP contribution in [0.3, 0.4) is 0 Å². The maximum Gasteiger partial charge on any atom is 0.316 e. The number of hydroxylamine groups is 3. The molecule has 6 nitrogen and oxygen atoms in total. The van der Waals surface area contributed by atoms with Crippen LogP contribution in [-0.4, -0.2) is 38.9 Å². The molecule has 1 aromatic carbocycles. The molecule has 0 unspecified atom stereocenters. The van der Waals surface area contributed by atoms with Crippen molar-refractivity contribution < 1.29 is 19.8 Å². The first-order valence-electron chi connectivity index (χ1n) is 6.33. The molecule has 1 N–H and O–H groups in total. The minimum Gasteiger partial charge on any atom is -0.714 e. The Bertz CT molecular complexity index is 579. The molecule has 1 radical (unpaired) electrons. The number of hydrogen-bond donors (Lipinski definition) is 1. The van der Waals surface area contributed by atoms with Gasteiger partial charge in [-0.3, -0.25) is 4.74 Å². The lowest BCUT2D eigenvalue weighted by Gasteiger charge is -2.32. The van der Waals surface area contributed by atoms with Gasteiger partial charge in [-0.2, -0.15) is 0 Å². The van der Waals surface area contributed by atoms with E-state index in [0.717, 1.165) is 0 Å². The number of nitrogens with zero attached hydrogens (tertiary/aromatic N) is 2. The van der Waals surface area contributed by atoms with E-state index in [1.54, 1.807) is 33.8 Å². The molecule has 6 heteroatoms. The van der Waals surface area contributed by atoms with Gasteiger partial charge in [0.15, 0.2) is 17.0 Å². The Morgan fingerprint density at radius 2 is 1.90 bits per heavy atom. The molecule has 0 atom stereocenters. The van der Waals surface area contributed by atoms with Crippen molar-refractivity contribution in [2.24, 2.45) is 0 Å². The molecule has 0 saturated carbocycles. The van der Waals surface area contributed by atoms with E-state index in [1.165, 1.54) is 19.2 Å². The topological polar surface area (TPSA) is 78.7 Å². The fourth-order valence-corrected chi connectivity index (χ4v) is 2.17. The highest BCUT2D eigenvalue weighted by molar-refractivity contribution is 5.96. The lowest BCUT2D eigenvalue weighted by atomic mass is 9.84. The summed E-state index contributed by atoms with van der Waals surface area (Å²) in [6.45, 7) is 6.89. The van der Waals surface area contributed by atoms with Gasteiger partial charge in [0.1, 0.15) is 5.54 Å². The summed E-state index contributed by atoms with van der Waals surface area (Å²) in [7, 11) is 1.43. The quantitative estimate of drug-likeness (QED) is 0.662. The summed E-state index contributed by atoms with van der Waals surface area (Å²) in [6, 6.07) is 4.47. The van der Waals surface area contributed by atoms with Gasteiger partial charge in [-0.15, -0.1) is 0 Å². The van der Waals surface area contributed by atoms with Gasteiger partial charge in [0.2, 0.25) is 0 Å². The Morgan fingerprint density at radius 3 is 2.30 bits per heavy atom. The number of methoxy groups -OCH3 is 1. The Balaban J connectivity index is 2.58. The van der Waals surface area contributed by atoms with Gasteiger partial charge in [0, 0.05) is 5.21 Å². The molecule has 0 bridgehead atoms. The van der Waals surface area contributed by atoms with Crippen molar-refractivity contribution >= 4 is 5.84 Å². The zero-order valence-electron chi connectivity index (χ0n) is 12.3. The highest BCUT2D eigenvalue weighted by atomic mass is 16.5. The number of phenols is 1. The summed E-state index contributed by atoms with van der Waals surface area (Å²) >= 11 is 0. The summed E-state index contributed by atoms with van der Waals surface area (Å²) in [4.78, 5) is 0. The first-order chi connectivity index (χ1) is 9.14. The van der Waals surface area contributed by atoms with Crippen molar-refractivity contribution in [3.63, 3.8) is 0 Å². The average molecular weight is 279 g/mol. The number of aromatic hydroxyl groups is 1. The number of ether oxygens (including phenoxy) is 1. The van der Waals surface area contributed by atoms with Crippen LogP contribution in [0.25, 0.3) is 0 Å². The summed E-state index contributed by atoms with van der Waals surface area (Å²) in [5.74, 6) is 0.181. The van der Waals surface area contributed by atoms with E-state index in [-0.39, 0.29) is 11.6 Å². The van der Waals surface area contributed by atoms with Crippen LogP contribution in [0.1, 0.15) is 33.3 Å². The lowest BCUT2D eigenvalue weighted by Crippen LogP contribution is -2.53. The van der Waals surface area contributed by atoms with E-state index in [1.807, 2.05) is 0 Å². The molecule has 109 valence electrons. The smallest absolute Gasteiger partial charge is 0.316 e. The van der Waals surface area contributed by atoms with Crippen LogP contribution in [0.15, 0.2) is 18.2 Å². The lowest BCUT2D eigenvalue weighted by molar-refractivity contribution is -0.539. The van der Waals surface area contributed by atoms with Crippen molar-refractivity contribution in [2.75, 3.05) is 7.11 Å². The van der Waals surface area contributed by atoms with E-state index in [2.05, 4.69) is 0 Å². The van der Waals surface area contributed by atoms with Crippen LogP contribution in [0.4, 0.5) is 0 Å². The summed E-state index contributed by atoms with van der Waals surface area (Å²) < 4.78 is 5.67. The summed E-state index contributed by atoms with van der Waals surface area (Å²) in [5.41, 5.74) is -1.38. The molecule has 0 amide bonds. The minimum absolute atomic E-state index is 0.00190. The Labute approximate surface area is 118 Å². The fourth-order valence-electron chi connectivity index (χ4n) is 2.17. The maximum absolute atomic E-state index is 12.4. The van der Waals surface area contributed by atoms with Crippen LogP contribution < -0.4 is 4.74 Å². The van der Waals surface area contributed by atoms with Gasteiger partial charge in [-0.25, -0.2) is 0 Å². The van der Waals surface area contributed by atoms with Crippen LogP contribution in [0, 0.1) is 5.21 Å². The summed E-state index contributed by atoms with van der Waals surface area (Å²) in [6.07, 6.45) is 0. The van der Waals surface area contributed by atoms with E-state index >= 15 is 0 Å². The molecular weight excluding hydrogens is 260 g/mol. The van der Waals surface area contributed by atoms with Gasteiger partial charge in [-0.05, 0) is 45.9 Å². The van der Waals surface area contributed by atoms with Crippen LogP contribution >= 0.6 is 0 Å². The first kappa shape index (κ1) is 14.5. The second kappa shape index (κ2) is 4.28. The van der Waals surface area contributed by atoms with Gasteiger partial charge < -0.3 is 15.1 Å². The van der Waals surface area contributed by atoms with Crippen molar-refractivity contribution in [2.45, 2.75) is 38.8 Å². The molecule has 0 aromatic heterocycles. The Hall–Kier alpha value is -1.95. The molecule has 0 saturated heterocycles. The van der Waals surface area contributed by atoms with Crippen molar-refractivity contribution in [1.82, 2.24) is 5.06 Å². The monoisotopic (exact) mass is 279 g/mol. The van der Waals surface area contributed by atoms with Gasteiger partial charge in [-0.1, -0.05) is 5.06 Å². The SMILES string of the molecule is COc1ccc(C2=[N+]([O-])C(C)(C)C(C)(C)N2[O])cc1O. The zero-order chi connectivity index (χ0) is 15.3. The Kier molecular flexibility index (Phi) is 3.09. The van der Waals surface area contributed by atoms with E-state index in [4.69, 9.17) is 4.74 Å². The second-order valence-electron chi connectivity index (χ2n) is 5.92. The highest BCUT2D eigenvalue weighted by Crippen LogP contribution is 2.38. The molecule has 1 heterocycles. The van der Waals surface area contributed by atoms with E-state index in [0.29, 0.717) is 21.1 Å². The molecule has 1 aliphatic rings. The minimum atomic E-state index is -0.875. The van der Waals surface area contributed by atoms with Crippen molar-refractivity contribution in [1.29, 1.82) is 0 Å². The van der Waals surface area contributed by atoms with Gasteiger partial charge in [0.25, 0.3) is 0 Å². The normalized spacial score (nSPS) is 20.4. The van der Waals surface area contributed by atoms with E-state index < -0.39 is 11.1 Å². The summed E-state index contributed by atoms with van der Waals surface area (Å²) in [5, 5.41) is 35.4. The molecule has 2 rings (SSSR count). The predicted octanol–water partition coefficient (Wildman–Crippen LogP) is 1.88. The van der Waals surface area contributed by atoms with Crippen LogP contribution in [0.5, 0.6) is 11.5 Å². The molecular formula is C14H19N2O4. The Morgan fingerprint density at radius 1 is 1.30 bits per heavy atom. The maximum atomic E-state index is 12.4. The third kappa shape index (κ3) is 1.71. The first-order valence-corrected chi connectivity index (χ1v) is 6.33. The second-order valence-corrected chi connectivity index (χ2v) is 5.92. The molecule has 1 aromatic rings. The number of benzene rings is 1. The number of hydrogen-bond acceptors (Lipinski definition) is 4. The number of amidine groups is 1. The average Bonchev–Trinajstić information content (AvgIpc) is 2.49. The molecule has 0 fully saturated rings. The van der Waals surface area contributed by atoms with Crippen LogP contribution in [-0.2, 0) is 5.21 Å². The standard InChI is InChI=1S/C14H19N2O4/c1-13(2)14(3,4)16(19)12(15(13)18)9-6-7-11(20-5)10(17)8-9/h6-8,17H,1-5H3. The van der Waals surface area contributed by atoms with Crippen LogP contribution in [0.2, 0.25) is 0 Å². The third-order valence-electron chi connectivity index (χ3n) is 4.33. The fraction of sp³-hybridized carbons (Fsp3) is 0.500. The van der Waals surface area contributed by atoms with E-state index in [9.17, 15) is 15.5 Å². The van der Waals surface area contributed by atoms with Gasteiger partial charge >= 0.3 is 5.84 Å². The van der Waals surface area contributed by atoms with Gasteiger partial charge in [0.05, 0.1) is 12.7 Å². The predicted molar refractivity (Wildman–Crippen MR) is 73.1 cm³/mol. The number of rotatable bonds is 2. The molecule has 1 aliphatic heterocycles. The molecule has 0 aliphatic carbocycles. The number of phenolic OH excluding ortho intramolecular Hbond substituents is 1. The van der Waals surface area contributed by atoms with Crippen molar-refractivity contribution in [3.8, 4) is 11.5 Å². The third-order valence-corrected chi connectivity index (χ3v) is 4.33. The van der Waals surface area contributed by atoms with Crippen molar-refractivity contribution in [3.05, 3.63) is 29.0 Å². The largest absolute Gasteiger partial charge is 0.714 e. The highest BCUT2D eigenvalue weighted by Gasteiger charge is 2.59.